The van der Waals surface area contributed by atoms with Gasteiger partial charge in [0.05, 0.1) is 22.9 Å². The zero-order valence-corrected chi connectivity index (χ0v) is 22.0. The van der Waals surface area contributed by atoms with Crippen LogP contribution < -0.4 is 9.47 Å². The van der Waals surface area contributed by atoms with E-state index in [-0.39, 0.29) is 18.0 Å². The number of benzene rings is 3. The van der Waals surface area contributed by atoms with Gasteiger partial charge < -0.3 is 9.47 Å². The molecule has 186 valence electrons. The van der Waals surface area contributed by atoms with Gasteiger partial charge in [0.1, 0.15) is 12.4 Å². The number of halogens is 2. The first-order valence-corrected chi connectivity index (χ1v) is 13.1. The molecule has 2 aliphatic heterocycles. The molecule has 0 aromatic heterocycles. The molecule has 5 rings (SSSR count). The van der Waals surface area contributed by atoms with Gasteiger partial charge in [-0.3, -0.25) is 15.1 Å². The van der Waals surface area contributed by atoms with Crippen molar-refractivity contribution >= 4 is 63.6 Å². The number of rotatable bonds is 7. The summed E-state index contributed by atoms with van der Waals surface area (Å²) in [6.07, 6.45) is 1.61. The quantitative estimate of drug-likeness (QED) is 0.313. The Morgan fingerprint density at radius 2 is 1.81 bits per heavy atom. The lowest BCUT2D eigenvalue weighted by Gasteiger charge is -2.27. The lowest BCUT2D eigenvalue weighted by atomic mass is 10.1. The number of amides is 1. The molecule has 9 heteroatoms. The number of amidine groups is 2. The second-order valence-electron chi connectivity index (χ2n) is 8.11. The Labute approximate surface area is 228 Å². The van der Waals surface area contributed by atoms with Gasteiger partial charge in [0.25, 0.3) is 5.91 Å². The molecule has 0 saturated carbocycles. The average molecular weight is 550 g/mol. The molecule has 0 radical (unpaired) electrons. The maximum absolute atomic E-state index is 12.9. The van der Waals surface area contributed by atoms with Crippen LogP contribution in [0.15, 0.2) is 82.7 Å². The average Bonchev–Trinajstić information content (AvgIpc) is 3.32. The topological polar surface area (TPSA) is 75.0 Å². The number of nitrogens with zero attached hydrogens (tertiary/aromatic N) is 2. The predicted molar refractivity (Wildman–Crippen MR) is 150 cm³/mol. The smallest absolute Gasteiger partial charge is 0.283 e. The van der Waals surface area contributed by atoms with E-state index >= 15 is 0 Å². The van der Waals surface area contributed by atoms with Crippen molar-refractivity contribution < 1.29 is 14.3 Å². The van der Waals surface area contributed by atoms with Crippen LogP contribution in [0, 0.1) is 5.41 Å². The highest BCUT2D eigenvalue weighted by Crippen LogP contribution is 2.40. The number of carbonyl (C=O) groups is 1. The summed E-state index contributed by atoms with van der Waals surface area (Å²) >= 11 is 13.9. The number of hydrogen-bond acceptors (Lipinski definition) is 5. The van der Waals surface area contributed by atoms with Crippen LogP contribution >= 0.6 is 35.0 Å². The minimum Gasteiger partial charge on any atom is -0.490 e. The van der Waals surface area contributed by atoms with Gasteiger partial charge in [0.2, 0.25) is 0 Å². The van der Waals surface area contributed by atoms with Gasteiger partial charge in [0, 0.05) is 10.4 Å². The van der Waals surface area contributed by atoms with Crippen LogP contribution in [0.2, 0.25) is 10.0 Å². The van der Waals surface area contributed by atoms with Gasteiger partial charge >= 0.3 is 0 Å². The molecular weight excluding hydrogens is 529 g/mol. The number of ether oxygens (including phenoxy) is 2. The molecule has 0 aliphatic carbocycles. The lowest BCUT2D eigenvalue weighted by molar-refractivity contribution is -0.114. The van der Waals surface area contributed by atoms with E-state index in [4.69, 9.17) is 38.1 Å². The maximum Gasteiger partial charge on any atom is 0.283 e. The number of hydrogen-bond donors (Lipinski definition) is 1. The molecule has 3 aromatic carbocycles. The van der Waals surface area contributed by atoms with E-state index < -0.39 is 5.91 Å². The van der Waals surface area contributed by atoms with Gasteiger partial charge in [-0.05, 0) is 54.0 Å². The molecule has 2 aliphatic rings. The molecular formula is C28H21Cl2N3O3S. The van der Waals surface area contributed by atoms with Crippen LogP contribution in [-0.2, 0) is 11.4 Å². The zero-order valence-electron chi connectivity index (χ0n) is 19.7. The van der Waals surface area contributed by atoms with Gasteiger partial charge in [-0.15, -0.1) is 0 Å². The molecule has 6 nitrogen and oxygen atoms in total. The number of nitrogens with one attached hydrogen (secondary N) is 1. The van der Waals surface area contributed by atoms with Crippen molar-refractivity contribution in [3.05, 3.63) is 104 Å². The maximum atomic E-state index is 12.9. The summed E-state index contributed by atoms with van der Waals surface area (Å²) in [5.74, 6) is 0.406. The second kappa shape index (κ2) is 10.8. The van der Waals surface area contributed by atoms with Crippen molar-refractivity contribution in [2.24, 2.45) is 4.99 Å². The highest BCUT2D eigenvalue weighted by Gasteiger charge is 2.36. The Morgan fingerprint density at radius 3 is 2.54 bits per heavy atom. The number of fused-ring (bicyclic) bond motifs is 1. The summed E-state index contributed by atoms with van der Waals surface area (Å²) < 4.78 is 11.8. The summed E-state index contributed by atoms with van der Waals surface area (Å²) in [4.78, 5) is 18.8. The first-order chi connectivity index (χ1) is 17.9. The van der Waals surface area contributed by atoms with E-state index in [0.717, 1.165) is 16.8 Å². The van der Waals surface area contributed by atoms with E-state index in [1.54, 1.807) is 35.2 Å². The van der Waals surface area contributed by atoms with E-state index in [0.29, 0.717) is 38.9 Å². The summed E-state index contributed by atoms with van der Waals surface area (Å²) in [7, 11) is 0. The predicted octanol–water partition coefficient (Wildman–Crippen LogP) is 7.28. The van der Waals surface area contributed by atoms with Crippen molar-refractivity contribution in [1.82, 2.24) is 4.90 Å². The molecule has 37 heavy (non-hydrogen) atoms. The van der Waals surface area contributed by atoms with Crippen LogP contribution in [0.3, 0.4) is 0 Å². The fourth-order valence-electron chi connectivity index (χ4n) is 3.89. The van der Waals surface area contributed by atoms with Crippen molar-refractivity contribution in [3.8, 4) is 11.5 Å². The standard InChI is InChI=1S/C28H21Cl2N3O3S/c1-2-35-24-14-18(13-22(30)25(24)36-15-17-8-10-20(29)11-9-17)12-21-26(31)33-23(19-6-4-3-5-7-19)16-37-28(33)32-27(21)34/h3-14,16,31H,2,15H2,1H3/b21-12-,31-26?. The Morgan fingerprint density at radius 1 is 1.05 bits per heavy atom. The molecule has 1 N–H and O–H groups in total. The van der Waals surface area contributed by atoms with Crippen molar-refractivity contribution in [2.75, 3.05) is 6.61 Å². The Hall–Kier alpha value is -3.52. The SMILES string of the molecule is CCOc1cc(/C=C2/C(=N)N3C(c4ccccc4)=CSC3=NC2=O)cc(Cl)c1OCc1ccc(Cl)cc1. The third-order valence-electron chi connectivity index (χ3n) is 5.62. The van der Waals surface area contributed by atoms with Crippen molar-refractivity contribution in [3.63, 3.8) is 0 Å². The molecule has 0 atom stereocenters. The second-order valence-corrected chi connectivity index (χ2v) is 9.79. The molecule has 1 amide bonds. The summed E-state index contributed by atoms with van der Waals surface area (Å²) in [6.45, 7) is 2.53. The Bertz CT molecular complexity index is 1470. The van der Waals surface area contributed by atoms with Crippen LogP contribution in [-0.4, -0.2) is 28.4 Å². The molecule has 0 fully saturated rings. The number of thioether (sulfide) groups is 1. The fraction of sp³-hybridized carbons (Fsp3) is 0.107. The highest BCUT2D eigenvalue weighted by molar-refractivity contribution is 8.17. The Balaban J connectivity index is 1.45. The largest absolute Gasteiger partial charge is 0.490 e. The monoisotopic (exact) mass is 549 g/mol. The molecule has 0 bridgehead atoms. The van der Waals surface area contributed by atoms with Gasteiger partial charge in [0.15, 0.2) is 16.7 Å². The van der Waals surface area contributed by atoms with Crippen LogP contribution in [0.25, 0.3) is 11.8 Å². The Kier molecular flexibility index (Phi) is 7.37. The normalized spacial score (nSPS) is 16.0. The third kappa shape index (κ3) is 5.30. The third-order valence-corrected chi connectivity index (χ3v) is 6.98. The van der Waals surface area contributed by atoms with E-state index in [2.05, 4.69) is 4.99 Å². The van der Waals surface area contributed by atoms with E-state index in [1.165, 1.54) is 11.8 Å². The van der Waals surface area contributed by atoms with Crippen LogP contribution in [0.1, 0.15) is 23.6 Å². The fourth-order valence-corrected chi connectivity index (χ4v) is 5.18. The number of aliphatic imine (C=N–C) groups is 1. The van der Waals surface area contributed by atoms with Gasteiger partial charge in [-0.2, -0.15) is 4.99 Å². The summed E-state index contributed by atoms with van der Waals surface area (Å²) in [6, 6.07) is 20.5. The van der Waals surface area contributed by atoms with E-state index in [9.17, 15) is 4.79 Å². The first-order valence-electron chi connectivity index (χ1n) is 11.4. The molecule has 0 unspecified atom stereocenters. The highest BCUT2D eigenvalue weighted by atomic mass is 35.5. The van der Waals surface area contributed by atoms with Crippen LogP contribution in [0.5, 0.6) is 11.5 Å². The van der Waals surface area contributed by atoms with Gasteiger partial charge in [-0.25, -0.2) is 0 Å². The van der Waals surface area contributed by atoms with Crippen molar-refractivity contribution in [1.29, 1.82) is 5.41 Å². The molecule has 3 aromatic rings. The summed E-state index contributed by atoms with van der Waals surface area (Å²) in [5, 5.41) is 12.2. The minimum absolute atomic E-state index is 0.0484. The van der Waals surface area contributed by atoms with Gasteiger partial charge in [-0.1, -0.05) is 77.4 Å². The van der Waals surface area contributed by atoms with E-state index in [1.807, 2.05) is 54.8 Å². The minimum atomic E-state index is -0.483. The summed E-state index contributed by atoms with van der Waals surface area (Å²) in [5.41, 5.74) is 3.40. The lowest BCUT2D eigenvalue weighted by Crippen LogP contribution is -2.38. The zero-order chi connectivity index (χ0) is 25.9. The first kappa shape index (κ1) is 25.1. The number of carbonyl (C=O) groups excluding carboxylic acids is 1. The molecule has 0 spiro atoms. The van der Waals surface area contributed by atoms with Crippen LogP contribution in [0.4, 0.5) is 0 Å². The molecule has 0 saturated heterocycles. The van der Waals surface area contributed by atoms with Crippen molar-refractivity contribution in [2.45, 2.75) is 13.5 Å². The molecule has 2 heterocycles.